The molecule has 2 rings (SSSR count). The van der Waals surface area contributed by atoms with Crippen LogP contribution < -0.4 is 0 Å². The summed E-state index contributed by atoms with van der Waals surface area (Å²) in [5, 5.41) is 9.65. The summed E-state index contributed by atoms with van der Waals surface area (Å²) in [5.74, 6) is 0. The summed E-state index contributed by atoms with van der Waals surface area (Å²) >= 11 is 0. The van der Waals surface area contributed by atoms with Crippen molar-refractivity contribution < 1.29 is 0 Å². The lowest BCUT2D eigenvalue weighted by Gasteiger charge is -2.41. The van der Waals surface area contributed by atoms with Gasteiger partial charge in [-0.3, -0.25) is 4.90 Å². The molecule has 1 aromatic rings. The maximum absolute atomic E-state index is 9.65. The zero-order chi connectivity index (χ0) is 13.9. The van der Waals surface area contributed by atoms with Gasteiger partial charge in [0.2, 0.25) is 0 Å². The van der Waals surface area contributed by atoms with Gasteiger partial charge < -0.3 is 4.90 Å². The molecule has 102 valence electrons. The number of nitrogens with zero attached hydrogens (tertiary/aromatic N) is 3. The minimum absolute atomic E-state index is 0.395. The molecule has 1 aliphatic heterocycles. The summed E-state index contributed by atoms with van der Waals surface area (Å²) in [6.45, 7) is 8.25. The number of hydrogen-bond donors (Lipinski definition) is 0. The average molecular weight is 257 g/mol. The Morgan fingerprint density at radius 2 is 1.84 bits per heavy atom. The molecule has 0 saturated carbocycles. The van der Waals surface area contributed by atoms with Crippen LogP contribution >= 0.6 is 0 Å². The largest absolute Gasteiger partial charge is 0.304 e. The lowest BCUT2D eigenvalue weighted by Crippen LogP contribution is -2.55. The first kappa shape index (κ1) is 14.0. The highest BCUT2D eigenvalue weighted by molar-refractivity contribution is 5.29. The van der Waals surface area contributed by atoms with Crippen LogP contribution in [0.3, 0.4) is 0 Å². The van der Waals surface area contributed by atoms with Crippen molar-refractivity contribution in [3.05, 3.63) is 35.4 Å². The van der Waals surface area contributed by atoms with E-state index in [1.807, 2.05) is 0 Å². The Bertz CT molecular complexity index is 469. The Morgan fingerprint density at radius 1 is 1.21 bits per heavy atom. The third-order valence-electron chi connectivity index (χ3n) is 4.24. The third-order valence-corrected chi connectivity index (χ3v) is 4.24. The summed E-state index contributed by atoms with van der Waals surface area (Å²) < 4.78 is 0. The number of nitriles is 1. The van der Waals surface area contributed by atoms with Crippen molar-refractivity contribution in [1.29, 1.82) is 5.26 Å². The van der Waals surface area contributed by atoms with E-state index in [1.165, 1.54) is 11.1 Å². The Hall–Kier alpha value is -1.37. The van der Waals surface area contributed by atoms with Crippen molar-refractivity contribution in [2.45, 2.75) is 25.8 Å². The number of piperazine rings is 1. The highest BCUT2D eigenvalue weighted by Gasteiger charge is 2.34. The molecular formula is C16H23N3. The van der Waals surface area contributed by atoms with Gasteiger partial charge in [-0.05, 0) is 32.0 Å². The van der Waals surface area contributed by atoms with Gasteiger partial charge in [-0.25, -0.2) is 0 Å². The molecule has 1 saturated heterocycles. The first-order valence-corrected chi connectivity index (χ1v) is 6.94. The molecule has 19 heavy (non-hydrogen) atoms. The van der Waals surface area contributed by atoms with E-state index in [2.05, 4.69) is 61.0 Å². The number of aryl methyl sites for hydroxylation is 1. The van der Waals surface area contributed by atoms with Gasteiger partial charge in [-0.1, -0.05) is 24.3 Å². The van der Waals surface area contributed by atoms with Crippen LogP contribution in [0, 0.1) is 18.3 Å². The van der Waals surface area contributed by atoms with Crippen molar-refractivity contribution in [1.82, 2.24) is 9.80 Å². The minimum atomic E-state index is -0.395. The summed E-state index contributed by atoms with van der Waals surface area (Å²) in [7, 11) is 2.14. The summed E-state index contributed by atoms with van der Waals surface area (Å²) in [4.78, 5) is 4.65. The molecule has 0 radical (unpaired) electrons. The van der Waals surface area contributed by atoms with Gasteiger partial charge in [-0.15, -0.1) is 0 Å². The van der Waals surface area contributed by atoms with Crippen LogP contribution in [0.2, 0.25) is 0 Å². The fourth-order valence-corrected chi connectivity index (χ4v) is 2.70. The first-order chi connectivity index (χ1) is 9.05. The second-order valence-corrected chi connectivity index (χ2v) is 5.78. The predicted molar refractivity (Wildman–Crippen MR) is 78.0 cm³/mol. The Labute approximate surface area is 116 Å². The number of benzene rings is 1. The molecule has 0 aromatic heterocycles. The fraction of sp³-hybridized carbons (Fsp3) is 0.562. The molecular weight excluding hydrogens is 234 g/mol. The van der Waals surface area contributed by atoms with Gasteiger partial charge in [0, 0.05) is 32.6 Å². The van der Waals surface area contributed by atoms with Crippen molar-refractivity contribution in [2.75, 3.05) is 33.2 Å². The van der Waals surface area contributed by atoms with Gasteiger partial charge in [0.25, 0.3) is 0 Å². The molecule has 0 spiro atoms. The molecule has 0 N–H and O–H groups in total. The molecule has 1 aliphatic rings. The van der Waals surface area contributed by atoms with Crippen molar-refractivity contribution in [2.24, 2.45) is 0 Å². The Balaban J connectivity index is 2.15. The Morgan fingerprint density at radius 3 is 2.42 bits per heavy atom. The van der Waals surface area contributed by atoms with E-state index in [1.54, 1.807) is 0 Å². The van der Waals surface area contributed by atoms with Crippen LogP contribution in [0.25, 0.3) is 0 Å². The van der Waals surface area contributed by atoms with E-state index in [0.29, 0.717) is 0 Å². The summed E-state index contributed by atoms with van der Waals surface area (Å²) in [5.41, 5.74) is 2.16. The van der Waals surface area contributed by atoms with Gasteiger partial charge >= 0.3 is 0 Å². The van der Waals surface area contributed by atoms with Gasteiger partial charge in [0.05, 0.1) is 6.07 Å². The third kappa shape index (κ3) is 3.15. The molecule has 1 aromatic carbocycles. The molecule has 1 heterocycles. The average Bonchev–Trinajstić information content (AvgIpc) is 2.42. The van der Waals surface area contributed by atoms with Gasteiger partial charge in [-0.2, -0.15) is 5.26 Å². The zero-order valence-electron chi connectivity index (χ0n) is 12.2. The maximum atomic E-state index is 9.65. The van der Waals surface area contributed by atoms with E-state index in [0.717, 1.165) is 32.6 Å². The molecule has 3 heteroatoms. The van der Waals surface area contributed by atoms with Crippen LogP contribution in [0.4, 0.5) is 0 Å². The molecule has 1 fully saturated rings. The van der Waals surface area contributed by atoms with Crippen LogP contribution in [-0.2, 0) is 6.42 Å². The van der Waals surface area contributed by atoms with E-state index in [4.69, 9.17) is 0 Å². The second-order valence-electron chi connectivity index (χ2n) is 5.78. The Kier molecular flexibility index (Phi) is 4.24. The lowest BCUT2D eigenvalue weighted by molar-refractivity contribution is 0.0835. The van der Waals surface area contributed by atoms with Crippen LogP contribution in [-0.4, -0.2) is 48.6 Å². The van der Waals surface area contributed by atoms with E-state index in [-0.39, 0.29) is 0 Å². The molecule has 1 atom stereocenters. The topological polar surface area (TPSA) is 30.3 Å². The van der Waals surface area contributed by atoms with Gasteiger partial charge in [0.1, 0.15) is 5.54 Å². The van der Waals surface area contributed by atoms with Crippen LogP contribution in [0.15, 0.2) is 24.3 Å². The van der Waals surface area contributed by atoms with Gasteiger partial charge in [0.15, 0.2) is 0 Å². The smallest absolute Gasteiger partial charge is 0.110 e. The molecule has 0 aliphatic carbocycles. The monoisotopic (exact) mass is 257 g/mol. The minimum Gasteiger partial charge on any atom is -0.304 e. The van der Waals surface area contributed by atoms with Crippen molar-refractivity contribution in [3.63, 3.8) is 0 Å². The maximum Gasteiger partial charge on any atom is 0.110 e. The first-order valence-electron chi connectivity index (χ1n) is 6.94. The van der Waals surface area contributed by atoms with Crippen molar-refractivity contribution in [3.8, 4) is 6.07 Å². The second kappa shape index (κ2) is 5.73. The highest BCUT2D eigenvalue weighted by atomic mass is 15.3. The predicted octanol–water partition coefficient (Wildman–Crippen LogP) is 2.07. The lowest BCUT2D eigenvalue weighted by atomic mass is 9.89. The van der Waals surface area contributed by atoms with E-state index < -0.39 is 5.54 Å². The molecule has 1 unspecified atom stereocenters. The molecule has 0 bridgehead atoms. The normalized spacial score (nSPS) is 20.7. The standard InChI is InChI=1S/C16H23N3/c1-14-6-4-5-7-15(14)12-16(2,13-17)19-10-8-18(3)9-11-19/h4-7H,8-12H2,1-3H3. The quantitative estimate of drug-likeness (QED) is 0.830. The number of hydrogen-bond acceptors (Lipinski definition) is 3. The SMILES string of the molecule is Cc1ccccc1CC(C)(C#N)N1CCN(C)CC1. The van der Waals surface area contributed by atoms with Crippen LogP contribution in [0.1, 0.15) is 18.1 Å². The molecule has 3 nitrogen and oxygen atoms in total. The zero-order valence-corrected chi connectivity index (χ0v) is 12.2. The number of likely N-dealkylation sites (N-methyl/N-ethyl adjacent to an activating group) is 1. The summed E-state index contributed by atoms with van der Waals surface area (Å²) in [6.07, 6.45) is 0.805. The van der Waals surface area contributed by atoms with E-state index >= 15 is 0 Å². The van der Waals surface area contributed by atoms with Crippen LogP contribution in [0.5, 0.6) is 0 Å². The fourth-order valence-electron chi connectivity index (χ4n) is 2.70. The van der Waals surface area contributed by atoms with Crippen molar-refractivity contribution >= 4 is 0 Å². The number of rotatable bonds is 3. The highest BCUT2D eigenvalue weighted by Crippen LogP contribution is 2.23. The van der Waals surface area contributed by atoms with E-state index in [9.17, 15) is 5.26 Å². The summed E-state index contributed by atoms with van der Waals surface area (Å²) in [6, 6.07) is 10.9. The molecule has 0 amide bonds.